The van der Waals surface area contributed by atoms with Crippen LogP contribution in [0.5, 0.6) is 0 Å². The lowest BCUT2D eigenvalue weighted by Gasteiger charge is -2.24. The molecule has 1 heterocycles. The number of hydrogen-bond acceptors (Lipinski definition) is 3. The molecule has 0 spiro atoms. The Kier molecular flexibility index (Phi) is 3.97. The molecule has 1 fully saturated rings. The number of aromatic nitrogens is 2. The molecule has 0 radical (unpaired) electrons. The number of carbonyl (C=O) groups excluding carboxylic acids is 1. The topological polar surface area (TPSA) is 98.9 Å². The van der Waals surface area contributed by atoms with E-state index in [1.165, 1.54) is 0 Å². The van der Waals surface area contributed by atoms with E-state index in [0.29, 0.717) is 11.8 Å². The van der Waals surface area contributed by atoms with Gasteiger partial charge in [0.2, 0.25) is 0 Å². The van der Waals surface area contributed by atoms with Crippen molar-refractivity contribution in [2.24, 2.45) is 5.73 Å². The number of guanidine groups is 1. The largest absolute Gasteiger partial charge is 0.418 e. The van der Waals surface area contributed by atoms with Crippen molar-refractivity contribution in [1.29, 1.82) is 5.41 Å². The molecule has 0 unspecified atom stereocenters. The zero-order valence-electron chi connectivity index (χ0n) is 12.7. The highest BCUT2D eigenvalue weighted by atomic mass is 19.4. The van der Waals surface area contributed by atoms with Crippen LogP contribution in [0.1, 0.15) is 40.4 Å². The van der Waals surface area contributed by atoms with Crippen molar-refractivity contribution in [2.75, 3.05) is 4.90 Å². The predicted octanol–water partition coefficient (Wildman–Crippen LogP) is 2.99. The molecule has 1 aromatic heterocycles. The van der Waals surface area contributed by atoms with Gasteiger partial charge in [0.05, 0.1) is 23.0 Å². The Balaban J connectivity index is 2.13. The summed E-state index contributed by atoms with van der Waals surface area (Å²) in [6.45, 7) is 0. The van der Waals surface area contributed by atoms with Gasteiger partial charge in [-0.25, -0.2) is 9.29 Å². The molecule has 1 saturated carbocycles. The smallest absolute Gasteiger partial charge is 0.369 e. The normalized spacial score (nSPS) is 14.4. The van der Waals surface area contributed by atoms with E-state index < -0.39 is 35.1 Å². The van der Waals surface area contributed by atoms with Crippen molar-refractivity contribution in [3.8, 4) is 0 Å². The van der Waals surface area contributed by atoms with E-state index >= 15 is 0 Å². The quantitative estimate of drug-likeness (QED) is 0.448. The number of alkyl halides is 3. The molecule has 0 bridgehead atoms. The predicted molar refractivity (Wildman–Crippen MR) is 80.7 cm³/mol. The van der Waals surface area contributed by atoms with E-state index in [9.17, 15) is 22.4 Å². The number of aromatic amines is 1. The minimum Gasteiger partial charge on any atom is -0.369 e. The van der Waals surface area contributed by atoms with Crippen molar-refractivity contribution >= 4 is 17.6 Å². The molecule has 1 aliphatic rings. The van der Waals surface area contributed by atoms with Gasteiger partial charge < -0.3 is 5.73 Å². The number of halogens is 4. The second kappa shape index (κ2) is 5.87. The van der Waals surface area contributed by atoms with Gasteiger partial charge >= 0.3 is 6.18 Å². The first kappa shape index (κ1) is 16.9. The molecule has 2 aromatic rings. The molecule has 1 aliphatic carbocycles. The molecular formula is C15H13F4N5O. The van der Waals surface area contributed by atoms with Crippen LogP contribution in [0.25, 0.3) is 0 Å². The van der Waals surface area contributed by atoms with Gasteiger partial charge in [-0.05, 0) is 25.0 Å². The molecule has 0 aliphatic heterocycles. The van der Waals surface area contributed by atoms with Gasteiger partial charge in [0, 0.05) is 5.92 Å². The van der Waals surface area contributed by atoms with Crippen molar-refractivity contribution in [2.45, 2.75) is 24.9 Å². The van der Waals surface area contributed by atoms with E-state index in [0.717, 1.165) is 31.2 Å². The number of hydrogen-bond donors (Lipinski definition) is 3. The first-order valence-electron chi connectivity index (χ1n) is 7.29. The molecule has 0 atom stereocenters. The maximum Gasteiger partial charge on any atom is 0.418 e. The fourth-order valence-corrected chi connectivity index (χ4v) is 2.57. The Labute approximate surface area is 139 Å². The van der Waals surface area contributed by atoms with Gasteiger partial charge in [-0.1, -0.05) is 6.07 Å². The molecule has 25 heavy (non-hydrogen) atoms. The van der Waals surface area contributed by atoms with E-state index in [2.05, 4.69) is 10.2 Å². The molecule has 10 heteroatoms. The number of nitrogens with zero attached hydrogens (tertiary/aromatic N) is 2. The molecule has 132 valence electrons. The van der Waals surface area contributed by atoms with Gasteiger partial charge in [0.1, 0.15) is 11.5 Å². The second-order valence-electron chi connectivity index (χ2n) is 5.63. The lowest BCUT2D eigenvalue weighted by Crippen LogP contribution is -2.43. The van der Waals surface area contributed by atoms with Gasteiger partial charge in [-0.2, -0.15) is 18.3 Å². The standard InChI is InChI=1S/C15H13F4N5O/c16-10-3-1-2-9(15(17,18)19)12(10)24(14(20)21)13(25)8-6-22-23-11(8)7-4-5-7/h1-3,6-7H,4-5H2,(H3,20,21)(H,22,23). The summed E-state index contributed by atoms with van der Waals surface area (Å²) in [5.74, 6) is -3.34. The van der Waals surface area contributed by atoms with Gasteiger partial charge in [-0.15, -0.1) is 0 Å². The molecule has 1 amide bonds. The minimum absolute atomic E-state index is 0.0333. The lowest BCUT2D eigenvalue weighted by atomic mass is 10.1. The van der Waals surface area contributed by atoms with Crippen LogP contribution in [0.15, 0.2) is 24.4 Å². The fourth-order valence-electron chi connectivity index (χ4n) is 2.57. The molecule has 1 aromatic carbocycles. The summed E-state index contributed by atoms with van der Waals surface area (Å²) < 4.78 is 53.9. The number of amides is 1. The Morgan fingerprint density at radius 3 is 2.60 bits per heavy atom. The lowest BCUT2D eigenvalue weighted by molar-refractivity contribution is -0.137. The van der Waals surface area contributed by atoms with Crippen LogP contribution in [0.2, 0.25) is 0 Å². The molecule has 3 rings (SSSR count). The summed E-state index contributed by atoms with van der Waals surface area (Å²) >= 11 is 0. The highest BCUT2D eigenvalue weighted by Crippen LogP contribution is 2.42. The minimum atomic E-state index is -4.93. The summed E-state index contributed by atoms with van der Waals surface area (Å²) in [4.78, 5) is 13.0. The number of anilines is 1. The molecular weight excluding hydrogens is 342 g/mol. The van der Waals surface area contributed by atoms with Crippen LogP contribution in [-0.2, 0) is 6.18 Å². The number of para-hydroxylation sites is 1. The first-order valence-corrected chi connectivity index (χ1v) is 7.29. The Hall–Kier alpha value is -2.91. The SMILES string of the molecule is N=C(N)N(C(=O)c1cn[nH]c1C1CC1)c1c(F)cccc1C(F)(F)F. The van der Waals surface area contributed by atoms with Crippen LogP contribution in [0, 0.1) is 11.2 Å². The van der Waals surface area contributed by atoms with Crippen LogP contribution in [-0.4, -0.2) is 22.1 Å². The van der Waals surface area contributed by atoms with Crippen molar-refractivity contribution in [3.05, 3.63) is 47.0 Å². The third-order valence-electron chi connectivity index (χ3n) is 3.84. The second-order valence-corrected chi connectivity index (χ2v) is 5.63. The third kappa shape index (κ3) is 3.06. The number of rotatable bonds is 3. The fraction of sp³-hybridized carbons (Fsp3) is 0.267. The number of nitrogens with one attached hydrogen (secondary N) is 2. The van der Waals surface area contributed by atoms with Crippen LogP contribution >= 0.6 is 0 Å². The van der Waals surface area contributed by atoms with Crippen LogP contribution in [0.3, 0.4) is 0 Å². The molecule has 6 nitrogen and oxygen atoms in total. The van der Waals surface area contributed by atoms with E-state index in [1.807, 2.05) is 0 Å². The number of nitrogens with two attached hydrogens (primary N) is 1. The van der Waals surface area contributed by atoms with E-state index in [-0.39, 0.29) is 16.4 Å². The Bertz CT molecular complexity index is 841. The van der Waals surface area contributed by atoms with Crippen molar-refractivity contribution < 1.29 is 22.4 Å². The van der Waals surface area contributed by atoms with Crippen molar-refractivity contribution in [3.63, 3.8) is 0 Å². The Morgan fingerprint density at radius 2 is 2.04 bits per heavy atom. The average molecular weight is 355 g/mol. The summed E-state index contributed by atoms with van der Waals surface area (Å²) in [6, 6.07) is 2.27. The maximum absolute atomic E-state index is 14.2. The number of carbonyl (C=O) groups is 1. The Morgan fingerprint density at radius 1 is 1.36 bits per heavy atom. The molecule has 0 saturated heterocycles. The molecule has 4 N–H and O–H groups in total. The zero-order chi connectivity index (χ0) is 18.4. The van der Waals surface area contributed by atoms with E-state index in [1.54, 1.807) is 0 Å². The van der Waals surface area contributed by atoms with Gasteiger partial charge in [-0.3, -0.25) is 15.3 Å². The highest BCUT2D eigenvalue weighted by Gasteiger charge is 2.40. The summed E-state index contributed by atoms with van der Waals surface area (Å²) in [5.41, 5.74) is 3.24. The average Bonchev–Trinajstić information content (AvgIpc) is 3.24. The number of H-pyrrole nitrogens is 1. The van der Waals surface area contributed by atoms with Crippen LogP contribution in [0.4, 0.5) is 23.2 Å². The third-order valence-corrected chi connectivity index (χ3v) is 3.84. The van der Waals surface area contributed by atoms with E-state index in [4.69, 9.17) is 11.1 Å². The zero-order valence-corrected chi connectivity index (χ0v) is 12.7. The maximum atomic E-state index is 14.2. The first-order chi connectivity index (χ1) is 11.7. The summed E-state index contributed by atoms with van der Waals surface area (Å²) in [6.07, 6.45) is -2.19. The summed E-state index contributed by atoms with van der Waals surface area (Å²) in [7, 11) is 0. The van der Waals surface area contributed by atoms with Crippen LogP contribution < -0.4 is 10.6 Å². The summed E-state index contributed by atoms with van der Waals surface area (Å²) in [5, 5.41) is 13.9. The van der Waals surface area contributed by atoms with Gasteiger partial charge in [0.15, 0.2) is 5.96 Å². The highest BCUT2D eigenvalue weighted by molar-refractivity contribution is 6.21. The van der Waals surface area contributed by atoms with Crippen molar-refractivity contribution in [1.82, 2.24) is 10.2 Å². The number of benzene rings is 1. The van der Waals surface area contributed by atoms with Gasteiger partial charge in [0.25, 0.3) is 5.91 Å². The monoisotopic (exact) mass is 355 g/mol.